The van der Waals surface area contributed by atoms with Crippen LogP contribution in [0.3, 0.4) is 0 Å². The summed E-state index contributed by atoms with van der Waals surface area (Å²) >= 11 is 0. The fourth-order valence-corrected chi connectivity index (χ4v) is 2.43. The fraction of sp³-hybridized carbons (Fsp3) is 0.381. The standard InChI is InChI=1S/C21H27NO3/c1-14(2)24-19-10-7-9-18(12-19)13-22-21(23)17(5)25-20-11-6-8-15(3)16(20)4/h6-12,14,17H,13H2,1-5H3,(H,22,23)/t17-/m0/s1. The van der Waals surface area contributed by atoms with Crippen molar-refractivity contribution in [1.29, 1.82) is 0 Å². The van der Waals surface area contributed by atoms with E-state index in [9.17, 15) is 4.79 Å². The van der Waals surface area contributed by atoms with Crippen molar-refractivity contribution in [3.8, 4) is 11.5 Å². The van der Waals surface area contributed by atoms with Gasteiger partial charge in [-0.25, -0.2) is 0 Å². The second-order valence-corrected chi connectivity index (χ2v) is 6.49. The molecule has 0 aliphatic heterocycles. The van der Waals surface area contributed by atoms with Crippen LogP contribution in [0.4, 0.5) is 0 Å². The molecule has 2 aromatic rings. The van der Waals surface area contributed by atoms with Crippen LogP contribution in [0, 0.1) is 13.8 Å². The van der Waals surface area contributed by atoms with Crippen molar-refractivity contribution in [2.75, 3.05) is 0 Å². The van der Waals surface area contributed by atoms with Crippen LogP contribution in [0.25, 0.3) is 0 Å². The first kappa shape index (κ1) is 18.8. The Morgan fingerprint density at radius 1 is 1.04 bits per heavy atom. The largest absolute Gasteiger partial charge is 0.491 e. The molecule has 0 aromatic heterocycles. The predicted octanol–water partition coefficient (Wildman–Crippen LogP) is 4.17. The summed E-state index contributed by atoms with van der Waals surface area (Å²) in [4.78, 5) is 12.3. The highest BCUT2D eigenvalue weighted by molar-refractivity contribution is 5.80. The van der Waals surface area contributed by atoms with Gasteiger partial charge in [0, 0.05) is 6.54 Å². The Hall–Kier alpha value is -2.49. The first-order valence-corrected chi connectivity index (χ1v) is 8.63. The molecule has 0 heterocycles. The van der Waals surface area contributed by atoms with Crippen molar-refractivity contribution in [2.24, 2.45) is 0 Å². The lowest BCUT2D eigenvalue weighted by atomic mass is 10.1. The number of hydrogen-bond donors (Lipinski definition) is 1. The third-order valence-electron chi connectivity index (χ3n) is 3.96. The van der Waals surface area contributed by atoms with Gasteiger partial charge in [0.05, 0.1) is 6.10 Å². The summed E-state index contributed by atoms with van der Waals surface area (Å²) < 4.78 is 11.5. The maximum atomic E-state index is 12.3. The normalized spacial score (nSPS) is 11.9. The first-order chi connectivity index (χ1) is 11.9. The van der Waals surface area contributed by atoms with Gasteiger partial charge in [0.15, 0.2) is 6.10 Å². The molecular formula is C21H27NO3. The molecule has 1 N–H and O–H groups in total. The molecule has 25 heavy (non-hydrogen) atoms. The van der Waals surface area contributed by atoms with E-state index in [0.29, 0.717) is 6.54 Å². The van der Waals surface area contributed by atoms with Crippen LogP contribution in [-0.2, 0) is 11.3 Å². The van der Waals surface area contributed by atoms with Crippen LogP contribution < -0.4 is 14.8 Å². The summed E-state index contributed by atoms with van der Waals surface area (Å²) in [6, 6.07) is 13.6. The Bertz CT molecular complexity index is 725. The molecule has 4 heteroatoms. The van der Waals surface area contributed by atoms with E-state index in [0.717, 1.165) is 28.2 Å². The van der Waals surface area contributed by atoms with E-state index in [1.165, 1.54) is 0 Å². The van der Waals surface area contributed by atoms with Crippen LogP contribution in [-0.4, -0.2) is 18.1 Å². The summed E-state index contributed by atoms with van der Waals surface area (Å²) in [6.45, 7) is 10.2. The molecule has 0 saturated carbocycles. The average Bonchev–Trinajstić information content (AvgIpc) is 2.56. The van der Waals surface area contributed by atoms with Crippen molar-refractivity contribution in [3.63, 3.8) is 0 Å². The minimum absolute atomic E-state index is 0.121. The van der Waals surface area contributed by atoms with Crippen LogP contribution in [0.15, 0.2) is 42.5 Å². The van der Waals surface area contributed by atoms with E-state index in [-0.39, 0.29) is 12.0 Å². The molecule has 0 fully saturated rings. The molecule has 1 atom stereocenters. The third kappa shape index (κ3) is 5.52. The second-order valence-electron chi connectivity index (χ2n) is 6.49. The van der Waals surface area contributed by atoms with Crippen molar-refractivity contribution < 1.29 is 14.3 Å². The van der Waals surface area contributed by atoms with E-state index < -0.39 is 6.10 Å². The van der Waals surface area contributed by atoms with Crippen LogP contribution in [0.5, 0.6) is 11.5 Å². The van der Waals surface area contributed by atoms with Gasteiger partial charge in [-0.3, -0.25) is 4.79 Å². The van der Waals surface area contributed by atoms with E-state index in [2.05, 4.69) is 5.32 Å². The molecule has 4 nitrogen and oxygen atoms in total. The smallest absolute Gasteiger partial charge is 0.261 e. The maximum Gasteiger partial charge on any atom is 0.261 e. The number of carbonyl (C=O) groups excluding carboxylic acids is 1. The quantitative estimate of drug-likeness (QED) is 0.822. The lowest BCUT2D eigenvalue weighted by molar-refractivity contribution is -0.127. The average molecular weight is 341 g/mol. The highest BCUT2D eigenvalue weighted by atomic mass is 16.5. The summed E-state index contributed by atoms with van der Waals surface area (Å²) in [5.74, 6) is 1.41. The predicted molar refractivity (Wildman–Crippen MR) is 100 cm³/mol. The maximum absolute atomic E-state index is 12.3. The third-order valence-corrected chi connectivity index (χ3v) is 3.96. The van der Waals surface area contributed by atoms with Gasteiger partial charge in [0.1, 0.15) is 11.5 Å². The Labute approximate surface area is 150 Å². The molecule has 0 unspecified atom stereocenters. The number of amides is 1. The van der Waals surface area contributed by atoms with E-state index in [1.54, 1.807) is 6.92 Å². The van der Waals surface area contributed by atoms with Crippen molar-refractivity contribution >= 4 is 5.91 Å². The number of nitrogens with one attached hydrogen (secondary N) is 1. The summed E-state index contributed by atoms with van der Waals surface area (Å²) in [7, 11) is 0. The number of benzene rings is 2. The lowest BCUT2D eigenvalue weighted by Gasteiger charge is -2.17. The van der Waals surface area contributed by atoms with Crippen LogP contribution in [0.2, 0.25) is 0 Å². The summed E-state index contributed by atoms with van der Waals surface area (Å²) in [6.07, 6.45) is -0.438. The highest BCUT2D eigenvalue weighted by Gasteiger charge is 2.15. The van der Waals surface area contributed by atoms with Crippen LogP contribution >= 0.6 is 0 Å². The van der Waals surface area contributed by atoms with Gasteiger partial charge >= 0.3 is 0 Å². The fourth-order valence-electron chi connectivity index (χ4n) is 2.43. The van der Waals surface area contributed by atoms with Gasteiger partial charge in [0.2, 0.25) is 0 Å². The van der Waals surface area contributed by atoms with Gasteiger partial charge in [-0.05, 0) is 69.5 Å². The number of ether oxygens (including phenoxy) is 2. The second kappa shape index (κ2) is 8.56. The lowest BCUT2D eigenvalue weighted by Crippen LogP contribution is -2.36. The summed E-state index contributed by atoms with van der Waals surface area (Å²) in [5.41, 5.74) is 3.19. The number of carbonyl (C=O) groups is 1. The molecule has 1 amide bonds. The molecule has 0 aliphatic rings. The molecule has 0 saturated heterocycles. The molecule has 134 valence electrons. The Morgan fingerprint density at radius 3 is 2.48 bits per heavy atom. The molecule has 2 aromatic carbocycles. The molecule has 0 spiro atoms. The van der Waals surface area contributed by atoms with Gasteiger partial charge in [-0.2, -0.15) is 0 Å². The molecular weight excluding hydrogens is 314 g/mol. The van der Waals surface area contributed by atoms with Gasteiger partial charge in [0.25, 0.3) is 5.91 Å². The van der Waals surface area contributed by atoms with Crippen molar-refractivity contribution in [1.82, 2.24) is 5.32 Å². The zero-order chi connectivity index (χ0) is 18.4. The molecule has 2 rings (SSSR count). The zero-order valence-electron chi connectivity index (χ0n) is 15.6. The molecule has 0 radical (unpaired) electrons. The minimum atomic E-state index is -0.560. The van der Waals surface area contributed by atoms with E-state index in [4.69, 9.17) is 9.47 Å². The monoisotopic (exact) mass is 341 g/mol. The van der Waals surface area contributed by atoms with Crippen molar-refractivity contribution in [3.05, 3.63) is 59.2 Å². The van der Waals surface area contributed by atoms with Crippen molar-refractivity contribution in [2.45, 2.75) is 53.4 Å². The Balaban J connectivity index is 1.92. The highest BCUT2D eigenvalue weighted by Crippen LogP contribution is 2.21. The van der Waals surface area contributed by atoms with Gasteiger partial charge in [-0.15, -0.1) is 0 Å². The molecule has 0 aliphatic carbocycles. The Morgan fingerprint density at radius 2 is 1.76 bits per heavy atom. The molecule has 0 bridgehead atoms. The minimum Gasteiger partial charge on any atom is -0.491 e. The summed E-state index contributed by atoms with van der Waals surface area (Å²) in [5, 5.41) is 2.91. The zero-order valence-corrected chi connectivity index (χ0v) is 15.6. The SMILES string of the molecule is Cc1cccc(O[C@@H](C)C(=O)NCc2cccc(OC(C)C)c2)c1C. The number of hydrogen-bond acceptors (Lipinski definition) is 3. The topological polar surface area (TPSA) is 47.6 Å². The van der Waals surface area contributed by atoms with Crippen LogP contribution in [0.1, 0.15) is 37.5 Å². The van der Waals surface area contributed by atoms with Gasteiger partial charge in [-0.1, -0.05) is 24.3 Å². The first-order valence-electron chi connectivity index (χ1n) is 8.63. The van der Waals surface area contributed by atoms with Gasteiger partial charge < -0.3 is 14.8 Å². The van der Waals surface area contributed by atoms with E-state index >= 15 is 0 Å². The Kier molecular flexibility index (Phi) is 6.45. The number of aryl methyl sites for hydroxylation is 1. The van der Waals surface area contributed by atoms with E-state index in [1.807, 2.05) is 70.2 Å². The number of rotatable bonds is 7.